The number of carbonyl (C=O) groups excluding carboxylic acids is 2. The third-order valence-electron chi connectivity index (χ3n) is 3.93. The van der Waals surface area contributed by atoms with Gasteiger partial charge in [0.05, 0.1) is 24.6 Å². The van der Waals surface area contributed by atoms with E-state index in [1.165, 1.54) is 11.3 Å². The Kier molecular flexibility index (Phi) is 7.06. The van der Waals surface area contributed by atoms with Crippen LogP contribution in [0.3, 0.4) is 0 Å². The van der Waals surface area contributed by atoms with Gasteiger partial charge in [-0.05, 0) is 18.1 Å². The predicted molar refractivity (Wildman–Crippen MR) is 104 cm³/mol. The zero-order valence-corrected chi connectivity index (χ0v) is 16.3. The van der Waals surface area contributed by atoms with Crippen LogP contribution in [0.1, 0.15) is 43.1 Å². The van der Waals surface area contributed by atoms with Crippen molar-refractivity contribution in [3.8, 4) is 0 Å². The van der Waals surface area contributed by atoms with Gasteiger partial charge in [0.1, 0.15) is 0 Å². The van der Waals surface area contributed by atoms with E-state index in [9.17, 15) is 14.4 Å². The molecule has 0 fully saturated rings. The fraction of sp³-hybridized carbons (Fsp3) is 0.368. The summed E-state index contributed by atoms with van der Waals surface area (Å²) in [7, 11) is 0. The maximum absolute atomic E-state index is 12.4. The summed E-state index contributed by atoms with van der Waals surface area (Å²) in [5, 5.41) is 16.8. The molecule has 7 nitrogen and oxygen atoms in total. The van der Waals surface area contributed by atoms with Gasteiger partial charge in [-0.1, -0.05) is 38.1 Å². The van der Waals surface area contributed by atoms with E-state index in [0.29, 0.717) is 10.8 Å². The first kappa shape index (κ1) is 20.6. The van der Waals surface area contributed by atoms with Crippen molar-refractivity contribution in [1.82, 2.24) is 10.3 Å². The summed E-state index contributed by atoms with van der Waals surface area (Å²) in [6.45, 7) is 5.44. The molecule has 0 aliphatic carbocycles. The van der Waals surface area contributed by atoms with E-state index in [-0.39, 0.29) is 30.6 Å². The third-order valence-corrected chi connectivity index (χ3v) is 4.73. The number of thiazole rings is 1. The first-order valence-corrected chi connectivity index (χ1v) is 9.46. The Hall–Kier alpha value is -2.74. The molecule has 0 spiro atoms. The lowest BCUT2D eigenvalue weighted by Gasteiger charge is -2.19. The molecule has 1 heterocycles. The summed E-state index contributed by atoms with van der Waals surface area (Å²) in [5.41, 5.74) is 2.21. The van der Waals surface area contributed by atoms with Crippen molar-refractivity contribution in [2.24, 2.45) is 5.92 Å². The molecule has 0 radical (unpaired) electrons. The van der Waals surface area contributed by atoms with E-state index in [1.807, 2.05) is 31.2 Å². The Labute approximate surface area is 161 Å². The first-order chi connectivity index (χ1) is 12.8. The Morgan fingerprint density at radius 1 is 1.22 bits per heavy atom. The quantitative estimate of drug-likeness (QED) is 0.643. The number of anilines is 1. The largest absolute Gasteiger partial charge is 0.481 e. The molecule has 1 aromatic heterocycles. The van der Waals surface area contributed by atoms with Crippen molar-refractivity contribution < 1.29 is 19.5 Å². The van der Waals surface area contributed by atoms with E-state index < -0.39 is 12.0 Å². The van der Waals surface area contributed by atoms with Crippen LogP contribution >= 0.6 is 11.3 Å². The van der Waals surface area contributed by atoms with E-state index in [0.717, 1.165) is 11.1 Å². The molecule has 2 aromatic rings. The van der Waals surface area contributed by atoms with Crippen LogP contribution < -0.4 is 10.6 Å². The molecule has 27 heavy (non-hydrogen) atoms. The lowest BCUT2D eigenvalue weighted by atomic mass is 9.98. The molecule has 8 heteroatoms. The minimum absolute atomic E-state index is 0.00997. The van der Waals surface area contributed by atoms with Gasteiger partial charge >= 0.3 is 5.97 Å². The van der Waals surface area contributed by atoms with E-state index in [1.54, 1.807) is 19.2 Å². The molecule has 0 saturated heterocycles. The van der Waals surface area contributed by atoms with Gasteiger partial charge < -0.3 is 15.7 Å². The number of benzene rings is 1. The Morgan fingerprint density at radius 2 is 1.93 bits per heavy atom. The van der Waals surface area contributed by atoms with Crippen molar-refractivity contribution in [3.05, 3.63) is 46.5 Å². The highest BCUT2D eigenvalue weighted by atomic mass is 32.1. The van der Waals surface area contributed by atoms with Crippen LogP contribution in [0, 0.1) is 12.8 Å². The van der Waals surface area contributed by atoms with E-state index in [2.05, 4.69) is 15.6 Å². The summed E-state index contributed by atoms with van der Waals surface area (Å²) < 4.78 is 0. The molecule has 144 valence electrons. The number of hydrogen-bond acceptors (Lipinski definition) is 5. The van der Waals surface area contributed by atoms with Crippen LogP contribution in [0.2, 0.25) is 0 Å². The Bertz CT molecular complexity index is 832. The van der Waals surface area contributed by atoms with Gasteiger partial charge in [-0.25, -0.2) is 4.98 Å². The van der Waals surface area contributed by atoms with Crippen LogP contribution in [0.5, 0.6) is 0 Å². The van der Waals surface area contributed by atoms with Crippen molar-refractivity contribution in [1.29, 1.82) is 0 Å². The number of nitrogens with one attached hydrogen (secondary N) is 2. The summed E-state index contributed by atoms with van der Waals surface area (Å²) in [6, 6.07) is 6.75. The standard InChI is InChI=1S/C19H23N3O4S/c1-11(2)18(26)22-19-20-13(10-27-19)8-16(23)21-15(9-17(24)25)14-7-5-4-6-12(14)3/h4-7,10-11,15H,8-9H2,1-3H3,(H,21,23)(H,24,25)(H,20,22,26). The summed E-state index contributed by atoms with van der Waals surface area (Å²) >= 11 is 1.25. The molecule has 0 bridgehead atoms. The summed E-state index contributed by atoms with van der Waals surface area (Å²) in [6.07, 6.45) is -0.195. The van der Waals surface area contributed by atoms with Gasteiger partial charge in [0.25, 0.3) is 0 Å². The second-order valence-electron chi connectivity index (χ2n) is 6.54. The number of carboxylic acids is 1. The molecular weight excluding hydrogens is 366 g/mol. The molecule has 1 aromatic carbocycles. The molecule has 0 aliphatic rings. The summed E-state index contributed by atoms with van der Waals surface area (Å²) in [5.74, 6) is -1.61. The Balaban J connectivity index is 2.04. The number of hydrogen-bond donors (Lipinski definition) is 3. The number of aliphatic carboxylic acids is 1. The molecule has 0 saturated carbocycles. The van der Waals surface area contributed by atoms with Crippen LogP contribution in [0.4, 0.5) is 5.13 Å². The lowest BCUT2D eigenvalue weighted by Crippen LogP contribution is -2.31. The highest BCUT2D eigenvalue weighted by Crippen LogP contribution is 2.21. The first-order valence-electron chi connectivity index (χ1n) is 8.58. The maximum atomic E-state index is 12.4. The van der Waals surface area contributed by atoms with Crippen molar-refractivity contribution in [2.75, 3.05) is 5.32 Å². The van der Waals surface area contributed by atoms with Gasteiger partial charge in [0.15, 0.2) is 5.13 Å². The van der Waals surface area contributed by atoms with Gasteiger partial charge in [0, 0.05) is 11.3 Å². The minimum atomic E-state index is -0.990. The lowest BCUT2D eigenvalue weighted by molar-refractivity contribution is -0.137. The highest BCUT2D eigenvalue weighted by molar-refractivity contribution is 7.13. The molecule has 0 aliphatic heterocycles. The minimum Gasteiger partial charge on any atom is -0.481 e. The maximum Gasteiger partial charge on any atom is 0.305 e. The van der Waals surface area contributed by atoms with E-state index >= 15 is 0 Å². The van der Waals surface area contributed by atoms with E-state index in [4.69, 9.17) is 5.11 Å². The van der Waals surface area contributed by atoms with Crippen LogP contribution in [0.25, 0.3) is 0 Å². The van der Waals surface area contributed by atoms with Crippen molar-refractivity contribution in [3.63, 3.8) is 0 Å². The monoisotopic (exact) mass is 389 g/mol. The second-order valence-corrected chi connectivity index (χ2v) is 7.40. The zero-order chi connectivity index (χ0) is 20.0. The molecule has 2 amide bonds. The van der Waals surface area contributed by atoms with Crippen molar-refractivity contribution in [2.45, 2.75) is 39.7 Å². The number of carbonyl (C=O) groups is 3. The number of amides is 2. The summed E-state index contributed by atoms with van der Waals surface area (Å²) in [4.78, 5) is 39.5. The number of aromatic nitrogens is 1. The number of nitrogens with zero attached hydrogens (tertiary/aromatic N) is 1. The number of rotatable bonds is 8. The SMILES string of the molecule is Cc1ccccc1C(CC(=O)O)NC(=O)Cc1csc(NC(=O)C(C)C)n1. The topological polar surface area (TPSA) is 108 Å². The van der Waals surface area contributed by atoms with Gasteiger partial charge in [-0.15, -0.1) is 11.3 Å². The smallest absolute Gasteiger partial charge is 0.305 e. The second kappa shape index (κ2) is 9.27. The highest BCUT2D eigenvalue weighted by Gasteiger charge is 2.20. The normalized spacial score (nSPS) is 11.9. The van der Waals surface area contributed by atoms with Gasteiger partial charge in [0.2, 0.25) is 11.8 Å². The fourth-order valence-electron chi connectivity index (χ4n) is 2.50. The molecule has 1 atom stereocenters. The number of carboxylic acid groups (broad SMARTS) is 1. The number of aryl methyl sites for hydroxylation is 1. The molecular formula is C19H23N3O4S. The van der Waals surface area contributed by atoms with Crippen LogP contribution in [-0.2, 0) is 20.8 Å². The van der Waals surface area contributed by atoms with Gasteiger partial charge in [-0.2, -0.15) is 0 Å². The fourth-order valence-corrected chi connectivity index (χ4v) is 3.21. The molecule has 3 N–H and O–H groups in total. The molecule has 1 unspecified atom stereocenters. The predicted octanol–water partition coefficient (Wildman–Crippen LogP) is 2.92. The van der Waals surface area contributed by atoms with Gasteiger partial charge in [-0.3, -0.25) is 14.4 Å². The average Bonchev–Trinajstić information content (AvgIpc) is 3.00. The van der Waals surface area contributed by atoms with Crippen LogP contribution in [0.15, 0.2) is 29.6 Å². The van der Waals surface area contributed by atoms with Crippen molar-refractivity contribution >= 4 is 34.3 Å². The third kappa shape index (κ3) is 6.18. The molecule has 2 rings (SSSR count). The zero-order valence-electron chi connectivity index (χ0n) is 15.5. The van der Waals surface area contributed by atoms with Crippen LogP contribution in [-0.4, -0.2) is 27.9 Å². The Morgan fingerprint density at radius 3 is 2.56 bits per heavy atom. The average molecular weight is 389 g/mol.